The Morgan fingerprint density at radius 2 is 2.18 bits per heavy atom. The molecule has 4 heteroatoms. The summed E-state index contributed by atoms with van der Waals surface area (Å²) in [5.41, 5.74) is 0. The molecule has 0 bridgehead atoms. The number of piperidine rings is 1. The van der Waals surface area contributed by atoms with Gasteiger partial charge in [-0.1, -0.05) is 6.07 Å². The van der Waals surface area contributed by atoms with E-state index < -0.39 is 0 Å². The Bertz CT molecular complexity index is 348. The molecule has 0 aromatic carbocycles. The molecule has 1 fully saturated rings. The van der Waals surface area contributed by atoms with Crippen LogP contribution in [-0.2, 0) is 0 Å². The van der Waals surface area contributed by atoms with Crippen LogP contribution in [-0.4, -0.2) is 36.6 Å². The normalized spacial score (nSPS) is 18.2. The van der Waals surface area contributed by atoms with Crippen molar-refractivity contribution in [3.63, 3.8) is 0 Å². The number of likely N-dealkylation sites (tertiary alicyclic amines) is 1. The van der Waals surface area contributed by atoms with Gasteiger partial charge in [0.15, 0.2) is 0 Å². The Kier molecular flexibility index (Phi) is 4.80. The van der Waals surface area contributed by atoms with Crippen LogP contribution in [0, 0.1) is 5.92 Å². The minimum Gasteiger partial charge on any atom is -0.370 e. The van der Waals surface area contributed by atoms with Gasteiger partial charge in [0.2, 0.25) is 0 Å². The lowest BCUT2D eigenvalue weighted by molar-refractivity contribution is 0.215. The topological polar surface area (TPSA) is 28.2 Å². The summed E-state index contributed by atoms with van der Waals surface area (Å²) < 4.78 is 0.891. The molecule has 1 aliphatic heterocycles. The molecule has 2 heterocycles. The summed E-state index contributed by atoms with van der Waals surface area (Å²) in [7, 11) is 2.21. The Hall–Kier alpha value is -0.610. The van der Waals surface area contributed by atoms with E-state index >= 15 is 0 Å². The fourth-order valence-electron chi connectivity index (χ4n) is 2.26. The lowest BCUT2D eigenvalue weighted by Gasteiger charge is -2.28. The molecule has 3 nitrogen and oxygen atoms in total. The van der Waals surface area contributed by atoms with Crippen LogP contribution in [0.4, 0.5) is 5.82 Å². The van der Waals surface area contributed by atoms with Crippen LogP contribution in [0.1, 0.15) is 19.3 Å². The van der Waals surface area contributed by atoms with Gasteiger partial charge >= 0.3 is 0 Å². The minimum absolute atomic E-state index is 0.880. The molecular formula is C13H20BrN3. The number of pyridine rings is 1. The largest absolute Gasteiger partial charge is 0.370 e. The molecule has 0 amide bonds. The Morgan fingerprint density at radius 3 is 2.88 bits per heavy atom. The maximum absolute atomic E-state index is 4.37. The van der Waals surface area contributed by atoms with Crippen LogP contribution in [0.3, 0.4) is 0 Å². The Balaban J connectivity index is 1.69. The van der Waals surface area contributed by atoms with Gasteiger partial charge in [-0.05, 0) is 73.4 Å². The molecule has 1 aromatic rings. The molecule has 17 heavy (non-hydrogen) atoms. The average Bonchev–Trinajstić information content (AvgIpc) is 2.32. The first-order valence-electron chi connectivity index (χ1n) is 6.29. The van der Waals surface area contributed by atoms with Crippen LogP contribution in [0.5, 0.6) is 0 Å². The van der Waals surface area contributed by atoms with Gasteiger partial charge < -0.3 is 10.2 Å². The monoisotopic (exact) mass is 297 g/mol. The van der Waals surface area contributed by atoms with E-state index in [1.807, 2.05) is 18.2 Å². The molecule has 0 spiro atoms. The van der Waals surface area contributed by atoms with E-state index in [2.05, 4.69) is 38.2 Å². The second kappa shape index (κ2) is 6.36. The molecule has 0 unspecified atom stereocenters. The lowest BCUT2D eigenvalue weighted by Crippen LogP contribution is -2.30. The highest BCUT2D eigenvalue weighted by atomic mass is 79.9. The molecule has 0 aliphatic carbocycles. The fraction of sp³-hybridized carbons (Fsp3) is 0.615. The third-order valence-corrected chi connectivity index (χ3v) is 3.85. The third kappa shape index (κ3) is 4.28. The van der Waals surface area contributed by atoms with E-state index in [9.17, 15) is 0 Å². The van der Waals surface area contributed by atoms with Crippen molar-refractivity contribution in [3.05, 3.63) is 22.8 Å². The molecule has 94 valence electrons. The molecule has 1 saturated heterocycles. The minimum atomic E-state index is 0.880. The number of aromatic nitrogens is 1. The van der Waals surface area contributed by atoms with Gasteiger partial charge in [-0.25, -0.2) is 4.98 Å². The van der Waals surface area contributed by atoms with Gasteiger partial charge in [0.1, 0.15) is 10.4 Å². The number of anilines is 1. The first-order valence-corrected chi connectivity index (χ1v) is 7.08. The number of hydrogen-bond donors (Lipinski definition) is 1. The van der Waals surface area contributed by atoms with E-state index in [4.69, 9.17) is 0 Å². The molecule has 0 atom stereocenters. The molecule has 1 N–H and O–H groups in total. The Morgan fingerprint density at radius 1 is 1.41 bits per heavy atom. The van der Waals surface area contributed by atoms with Crippen LogP contribution in [0.2, 0.25) is 0 Å². The summed E-state index contributed by atoms with van der Waals surface area (Å²) in [6.45, 7) is 3.53. The molecule has 1 aromatic heterocycles. The van der Waals surface area contributed by atoms with E-state index in [1.165, 1.54) is 32.4 Å². The molecule has 1 aliphatic rings. The van der Waals surface area contributed by atoms with Crippen LogP contribution in [0.15, 0.2) is 22.8 Å². The van der Waals surface area contributed by atoms with Gasteiger partial charge in [-0.3, -0.25) is 0 Å². The summed E-state index contributed by atoms with van der Waals surface area (Å²) in [5.74, 6) is 1.85. The zero-order chi connectivity index (χ0) is 12.1. The Labute approximate surface area is 112 Å². The standard InChI is InChI=1S/C13H20BrN3/c1-17-9-6-11(7-10-17)5-8-15-13-4-2-3-12(14)16-13/h2-4,11H,5-10H2,1H3,(H,15,16). The molecule has 2 rings (SSSR count). The number of nitrogens with one attached hydrogen (secondary N) is 1. The molecule has 0 radical (unpaired) electrons. The first kappa shape index (κ1) is 12.8. The SMILES string of the molecule is CN1CCC(CCNc2cccc(Br)n2)CC1. The van der Waals surface area contributed by atoms with Gasteiger partial charge in [-0.2, -0.15) is 0 Å². The highest BCUT2D eigenvalue weighted by Gasteiger charge is 2.15. The van der Waals surface area contributed by atoms with E-state index in [0.717, 1.165) is 22.9 Å². The summed E-state index contributed by atoms with van der Waals surface area (Å²) in [5, 5.41) is 3.39. The zero-order valence-electron chi connectivity index (χ0n) is 10.3. The third-order valence-electron chi connectivity index (χ3n) is 3.41. The summed E-state index contributed by atoms with van der Waals surface area (Å²) in [6, 6.07) is 5.97. The smallest absolute Gasteiger partial charge is 0.127 e. The second-order valence-electron chi connectivity index (χ2n) is 4.81. The first-order chi connectivity index (χ1) is 8.24. The van der Waals surface area contributed by atoms with Crippen LogP contribution < -0.4 is 5.32 Å². The van der Waals surface area contributed by atoms with Crippen molar-refractivity contribution in [2.75, 3.05) is 32.0 Å². The van der Waals surface area contributed by atoms with Gasteiger partial charge in [0, 0.05) is 6.54 Å². The van der Waals surface area contributed by atoms with Crippen molar-refractivity contribution in [1.82, 2.24) is 9.88 Å². The highest BCUT2D eigenvalue weighted by molar-refractivity contribution is 9.10. The van der Waals surface area contributed by atoms with Crippen LogP contribution in [0.25, 0.3) is 0 Å². The van der Waals surface area contributed by atoms with Gasteiger partial charge in [-0.15, -0.1) is 0 Å². The van der Waals surface area contributed by atoms with Gasteiger partial charge in [0.05, 0.1) is 0 Å². The van der Waals surface area contributed by atoms with Crippen molar-refractivity contribution in [1.29, 1.82) is 0 Å². The van der Waals surface area contributed by atoms with Crippen molar-refractivity contribution in [2.24, 2.45) is 5.92 Å². The maximum Gasteiger partial charge on any atom is 0.127 e. The number of hydrogen-bond acceptors (Lipinski definition) is 3. The summed E-state index contributed by atoms with van der Waals surface area (Å²) >= 11 is 3.38. The van der Waals surface area contributed by atoms with E-state index in [-0.39, 0.29) is 0 Å². The zero-order valence-corrected chi connectivity index (χ0v) is 11.9. The van der Waals surface area contributed by atoms with Gasteiger partial charge in [0.25, 0.3) is 0 Å². The van der Waals surface area contributed by atoms with Crippen molar-refractivity contribution < 1.29 is 0 Å². The molecular weight excluding hydrogens is 278 g/mol. The lowest BCUT2D eigenvalue weighted by atomic mass is 9.94. The predicted molar refractivity (Wildman–Crippen MR) is 75.3 cm³/mol. The number of rotatable bonds is 4. The maximum atomic E-state index is 4.37. The summed E-state index contributed by atoms with van der Waals surface area (Å²) in [6.07, 6.45) is 3.93. The van der Waals surface area contributed by atoms with Crippen molar-refractivity contribution in [2.45, 2.75) is 19.3 Å². The van der Waals surface area contributed by atoms with Crippen molar-refractivity contribution >= 4 is 21.7 Å². The van der Waals surface area contributed by atoms with Crippen LogP contribution >= 0.6 is 15.9 Å². The second-order valence-corrected chi connectivity index (χ2v) is 5.62. The quantitative estimate of drug-likeness (QED) is 0.866. The molecule has 0 saturated carbocycles. The van der Waals surface area contributed by atoms with E-state index in [0.29, 0.717) is 0 Å². The highest BCUT2D eigenvalue weighted by Crippen LogP contribution is 2.19. The number of halogens is 1. The van der Waals surface area contributed by atoms with Crippen molar-refractivity contribution in [3.8, 4) is 0 Å². The predicted octanol–water partition coefficient (Wildman–Crippen LogP) is 2.99. The fourth-order valence-corrected chi connectivity index (χ4v) is 2.61. The summed E-state index contributed by atoms with van der Waals surface area (Å²) in [4.78, 5) is 6.78. The average molecular weight is 298 g/mol. The number of nitrogens with zero attached hydrogens (tertiary/aromatic N) is 2. The van der Waals surface area contributed by atoms with E-state index in [1.54, 1.807) is 0 Å².